The normalized spacial score (nSPS) is 15.0. The molecule has 1 aliphatic heterocycles. The van der Waals surface area contributed by atoms with Gasteiger partial charge in [0.2, 0.25) is 6.79 Å². The number of nitrogens with one attached hydrogen (secondary N) is 1. The SMILES string of the molecule is O=C(NCCn1nc(-c2cccs2)n(C2CC2)c1=O)c1ccc2c(c1)OCO2. The van der Waals surface area contributed by atoms with Crippen molar-refractivity contribution in [1.82, 2.24) is 19.7 Å². The van der Waals surface area contributed by atoms with Gasteiger partial charge in [-0.1, -0.05) is 6.07 Å². The zero-order valence-electron chi connectivity index (χ0n) is 15.0. The number of aromatic nitrogens is 3. The summed E-state index contributed by atoms with van der Waals surface area (Å²) in [6.45, 7) is 0.783. The van der Waals surface area contributed by atoms with Crippen molar-refractivity contribution in [3.63, 3.8) is 0 Å². The summed E-state index contributed by atoms with van der Waals surface area (Å²) in [6, 6.07) is 9.21. The van der Waals surface area contributed by atoms with Crippen molar-refractivity contribution >= 4 is 17.2 Å². The number of thiophene rings is 1. The van der Waals surface area contributed by atoms with Gasteiger partial charge in [-0.15, -0.1) is 16.4 Å². The van der Waals surface area contributed by atoms with Gasteiger partial charge in [0.05, 0.1) is 11.4 Å². The highest BCUT2D eigenvalue weighted by atomic mass is 32.1. The minimum atomic E-state index is -0.230. The Bertz CT molecular complexity index is 1080. The topological polar surface area (TPSA) is 87.4 Å². The molecule has 28 heavy (non-hydrogen) atoms. The highest BCUT2D eigenvalue weighted by molar-refractivity contribution is 7.13. The first kappa shape index (κ1) is 17.1. The van der Waals surface area contributed by atoms with E-state index in [1.54, 1.807) is 34.1 Å². The average Bonchev–Trinajstić information content (AvgIpc) is 3.11. The number of fused-ring (bicyclic) bond motifs is 1. The first-order chi connectivity index (χ1) is 13.7. The molecule has 0 saturated heterocycles. The monoisotopic (exact) mass is 398 g/mol. The number of carbonyl (C=O) groups is 1. The van der Waals surface area contributed by atoms with Crippen LogP contribution >= 0.6 is 11.3 Å². The number of ether oxygens (including phenoxy) is 2. The molecule has 5 rings (SSSR count). The van der Waals surface area contributed by atoms with Crippen molar-refractivity contribution < 1.29 is 14.3 Å². The van der Waals surface area contributed by atoms with Crippen molar-refractivity contribution in [2.24, 2.45) is 0 Å². The molecule has 1 aromatic carbocycles. The zero-order valence-corrected chi connectivity index (χ0v) is 15.8. The molecule has 0 spiro atoms. The molecule has 9 heteroatoms. The van der Waals surface area contributed by atoms with Gasteiger partial charge >= 0.3 is 5.69 Å². The number of benzene rings is 1. The van der Waals surface area contributed by atoms with Crippen molar-refractivity contribution in [2.75, 3.05) is 13.3 Å². The molecule has 3 heterocycles. The van der Waals surface area contributed by atoms with E-state index in [0.717, 1.165) is 17.7 Å². The second-order valence-corrected chi connectivity index (χ2v) is 7.68. The number of hydrogen-bond acceptors (Lipinski definition) is 6. The average molecular weight is 398 g/mol. The van der Waals surface area contributed by atoms with E-state index in [9.17, 15) is 9.59 Å². The molecule has 144 valence electrons. The molecule has 3 aromatic rings. The van der Waals surface area contributed by atoms with E-state index < -0.39 is 0 Å². The molecule has 8 nitrogen and oxygen atoms in total. The third-order valence-corrected chi connectivity index (χ3v) is 5.63. The van der Waals surface area contributed by atoms with Gasteiger partial charge in [0.1, 0.15) is 0 Å². The molecule has 0 atom stereocenters. The van der Waals surface area contributed by atoms with Gasteiger partial charge in [-0.05, 0) is 42.5 Å². The van der Waals surface area contributed by atoms with E-state index in [1.165, 1.54) is 4.68 Å². The van der Waals surface area contributed by atoms with Crippen molar-refractivity contribution in [3.05, 3.63) is 51.8 Å². The first-order valence-corrected chi connectivity index (χ1v) is 10.00. The van der Waals surface area contributed by atoms with Crippen LogP contribution in [0.2, 0.25) is 0 Å². The summed E-state index contributed by atoms with van der Waals surface area (Å²) in [5, 5.41) is 9.33. The maximum absolute atomic E-state index is 12.8. The summed E-state index contributed by atoms with van der Waals surface area (Å²) in [6.07, 6.45) is 2.01. The second kappa shape index (κ2) is 6.83. The van der Waals surface area contributed by atoms with Gasteiger partial charge in [-0.3, -0.25) is 9.36 Å². The molecule has 1 N–H and O–H groups in total. The van der Waals surface area contributed by atoms with Crippen LogP contribution in [0.5, 0.6) is 11.5 Å². The molecule has 1 aliphatic carbocycles. The quantitative estimate of drug-likeness (QED) is 0.688. The predicted octanol–water partition coefficient (Wildman–Crippen LogP) is 2.27. The summed E-state index contributed by atoms with van der Waals surface area (Å²) < 4.78 is 13.8. The van der Waals surface area contributed by atoms with E-state index in [2.05, 4.69) is 10.4 Å². The summed E-state index contributed by atoms with van der Waals surface area (Å²) >= 11 is 1.57. The highest BCUT2D eigenvalue weighted by Gasteiger charge is 2.30. The summed E-state index contributed by atoms with van der Waals surface area (Å²) in [5.41, 5.74) is 0.364. The smallest absolute Gasteiger partial charge is 0.346 e. The number of rotatable bonds is 6. The van der Waals surface area contributed by atoms with E-state index in [4.69, 9.17) is 9.47 Å². The molecule has 1 amide bonds. The molecule has 2 aliphatic rings. The second-order valence-electron chi connectivity index (χ2n) is 6.73. The van der Waals surface area contributed by atoms with Crippen molar-refractivity contribution in [3.8, 4) is 22.2 Å². The Morgan fingerprint density at radius 1 is 1.25 bits per heavy atom. The number of carbonyl (C=O) groups excluding carboxylic acids is 1. The maximum Gasteiger partial charge on any atom is 0.346 e. The summed E-state index contributed by atoms with van der Waals surface area (Å²) in [7, 11) is 0. The Morgan fingerprint density at radius 3 is 2.89 bits per heavy atom. The molecular formula is C19H18N4O4S. The van der Waals surface area contributed by atoms with Crippen LogP contribution in [0.25, 0.3) is 10.7 Å². The van der Waals surface area contributed by atoms with Crippen molar-refractivity contribution in [2.45, 2.75) is 25.4 Å². The minimum Gasteiger partial charge on any atom is -0.454 e. The minimum absolute atomic E-state index is 0.122. The molecule has 2 aromatic heterocycles. The van der Waals surface area contributed by atoms with Gasteiger partial charge in [-0.25, -0.2) is 9.48 Å². The van der Waals surface area contributed by atoms with Gasteiger partial charge in [0.25, 0.3) is 5.91 Å². The van der Waals surface area contributed by atoms with Crippen LogP contribution in [0, 0.1) is 0 Å². The third kappa shape index (κ3) is 3.07. The van der Waals surface area contributed by atoms with Gasteiger partial charge in [0.15, 0.2) is 17.3 Å². The van der Waals surface area contributed by atoms with Crippen LogP contribution < -0.4 is 20.5 Å². The van der Waals surface area contributed by atoms with E-state index in [-0.39, 0.29) is 24.4 Å². The van der Waals surface area contributed by atoms with Crippen LogP contribution in [0.15, 0.2) is 40.5 Å². The Hall–Kier alpha value is -3.07. The fourth-order valence-electron chi connectivity index (χ4n) is 3.22. The highest BCUT2D eigenvalue weighted by Crippen LogP contribution is 2.37. The Balaban J connectivity index is 1.29. The molecule has 0 unspecified atom stereocenters. The van der Waals surface area contributed by atoms with Crippen LogP contribution in [-0.4, -0.2) is 33.6 Å². The number of hydrogen-bond donors (Lipinski definition) is 1. The van der Waals surface area contributed by atoms with Gasteiger partial charge in [-0.2, -0.15) is 0 Å². The predicted molar refractivity (Wildman–Crippen MR) is 103 cm³/mol. The summed E-state index contributed by atoms with van der Waals surface area (Å²) in [4.78, 5) is 26.1. The van der Waals surface area contributed by atoms with Crippen LogP contribution in [-0.2, 0) is 6.54 Å². The van der Waals surface area contributed by atoms with E-state index >= 15 is 0 Å². The molecule has 0 bridgehead atoms. The molecule has 1 fully saturated rings. The number of nitrogens with zero attached hydrogens (tertiary/aromatic N) is 3. The van der Waals surface area contributed by atoms with E-state index in [1.807, 2.05) is 17.5 Å². The third-order valence-electron chi connectivity index (χ3n) is 4.77. The molecule has 0 radical (unpaired) electrons. The molecule has 1 saturated carbocycles. The Morgan fingerprint density at radius 2 is 2.11 bits per heavy atom. The lowest BCUT2D eigenvalue weighted by atomic mass is 10.2. The lowest BCUT2D eigenvalue weighted by molar-refractivity contribution is 0.0951. The van der Waals surface area contributed by atoms with Crippen molar-refractivity contribution in [1.29, 1.82) is 0 Å². The van der Waals surface area contributed by atoms with Gasteiger partial charge < -0.3 is 14.8 Å². The standard InChI is InChI=1S/C19H18N4O4S/c24-18(12-3-6-14-15(10-12)27-11-26-14)20-7-8-22-19(25)23(13-4-5-13)17(21-22)16-2-1-9-28-16/h1-3,6,9-10,13H,4-5,7-8,11H2,(H,20,24). The lowest BCUT2D eigenvalue weighted by Crippen LogP contribution is -2.32. The zero-order chi connectivity index (χ0) is 19.1. The van der Waals surface area contributed by atoms with Crippen LogP contribution in [0.3, 0.4) is 0 Å². The first-order valence-electron chi connectivity index (χ1n) is 9.12. The maximum atomic E-state index is 12.8. The lowest BCUT2D eigenvalue weighted by Gasteiger charge is -2.05. The van der Waals surface area contributed by atoms with Crippen LogP contribution in [0.4, 0.5) is 0 Å². The fraction of sp³-hybridized carbons (Fsp3) is 0.316. The number of amides is 1. The Kier molecular flexibility index (Phi) is 4.16. The van der Waals surface area contributed by atoms with E-state index in [0.29, 0.717) is 36.0 Å². The Labute approximate surface area is 164 Å². The van der Waals surface area contributed by atoms with Gasteiger partial charge in [0, 0.05) is 18.2 Å². The molecular weight excluding hydrogens is 380 g/mol. The summed E-state index contributed by atoms with van der Waals surface area (Å²) in [5.74, 6) is 1.68. The fourth-order valence-corrected chi connectivity index (χ4v) is 3.92. The van der Waals surface area contributed by atoms with Crippen LogP contribution in [0.1, 0.15) is 29.2 Å². The largest absolute Gasteiger partial charge is 0.454 e.